The van der Waals surface area contributed by atoms with Crippen LogP contribution in [-0.4, -0.2) is 45.7 Å². The Bertz CT molecular complexity index is 1380. The Balaban J connectivity index is 1.45. The maximum absolute atomic E-state index is 13.8. The minimum Gasteiger partial charge on any atom is -0.497 e. The van der Waals surface area contributed by atoms with Crippen LogP contribution < -0.4 is 10.1 Å². The van der Waals surface area contributed by atoms with E-state index >= 15 is 0 Å². The minimum atomic E-state index is -1.10. The van der Waals surface area contributed by atoms with Crippen molar-refractivity contribution in [1.82, 2.24) is 20.0 Å². The number of rotatable bonds is 8. The van der Waals surface area contributed by atoms with Crippen molar-refractivity contribution in [2.45, 2.75) is 32.0 Å². The van der Waals surface area contributed by atoms with Gasteiger partial charge in [0.05, 0.1) is 19.3 Å². The average Bonchev–Trinajstić information content (AvgIpc) is 3.36. The number of amides is 2. The highest BCUT2D eigenvalue weighted by atomic mass is 16.5. The molecule has 0 fully saturated rings. The van der Waals surface area contributed by atoms with Gasteiger partial charge >= 0.3 is 0 Å². The molecule has 7 nitrogen and oxygen atoms in total. The van der Waals surface area contributed by atoms with E-state index < -0.39 is 5.54 Å². The van der Waals surface area contributed by atoms with Gasteiger partial charge in [0.15, 0.2) is 0 Å². The van der Waals surface area contributed by atoms with E-state index in [0.717, 1.165) is 22.4 Å². The zero-order valence-corrected chi connectivity index (χ0v) is 21.1. The van der Waals surface area contributed by atoms with E-state index in [1.807, 2.05) is 91.9 Å². The van der Waals surface area contributed by atoms with Crippen LogP contribution in [0.15, 0.2) is 91.0 Å². The lowest BCUT2D eigenvalue weighted by Gasteiger charge is -2.43. The van der Waals surface area contributed by atoms with Crippen LogP contribution in [-0.2, 0) is 24.3 Å². The molecule has 0 bridgehead atoms. The van der Waals surface area contributed by atoms with E-state index in [1.165, 1.54) is 0 Å². The summed E-state index contributed by atoms with van der Waals surface area (Å²) >= 11 is 0. The smallest absolute Gasteiger partial charge is 0.273 e. The Labute approximate surface area is 216 Å². The number of benzene rings is 3. The molecule has 0 radical (unpaired) electrons. The van der Waals surface area contributed by atoms with Crippen molar-refractivity contribution in [3.8, 4) is 17.0 Å². The van der Waals surface area contributed by atoms with Crippen LogP contribution >= 0.6 is 0 Å². The number of carbonyl (C=O) groups excluding carboxylic acids is 2. The van der Waals surface area contributed by atoms with E-state index in [9.17, 15) is 9.59 Å². The van der Waals surface area contributed by atoms with Gasteiger partial charge < -0.3 is 15.0 Å². The van der Waals surface area contributed by atoms with Crippen molar-refractivity contribution in [2.24, 2.45) is 0 Å². The second-order valence-electron chi connectivity index (χ2n) is 9.44. The standard InChI is InChI=1S/C30H30N4O3/c1-30(29(36)31-20-23-11-7-4-8-12-23)21-34-27(19-26(32-34)24-13-15-25(37-2)16-14-24)28(35)33(30)18-17-22-9-5-3-6-10-22/h3-16,19H,17-18,20-21H2,1-2H3,(H,31,36). The van der Waals surface area contributed by atoms with Gasteiger partial charge in [0.25, 0.3) is 5.91 Å². The normalized spacial score (nSPS) is 16.8. The molecular formula is C30H30N4O3. The van der Waals surface area contributed by atoms with Crippen molar-refractivity contribution < 1.29 is 14.3 Å². The van der Waals surface area contributed by atoms with E-state index in [-0.39, 0.29) is 18.4 Å². The third-order valence-electron chi connectivity index (χ3n) is 6.94. The number of aromatic nitrogens is 2. The zero-order valence-electron chi connectivity index (χ0n) is 21.1. The number of fused-ring (bicyclic) bond motifs is 1. The highest BCUT2D eigenvalue weighted by Gasteiger charge is 2.47. The maximum atomic E-state index is 13.8. The first-order valence-electron chi connectivity index (χ1n) is 12.4. The van der Waals surface area contributed by atoms with Gasteiger partial charge in [-0.3, -0.25) is 14.3 Å². The van der Waals surface area contributed by atoms with Crippen molar-refractivity contribution >= 4 is 11.8 Å². The predicted octanol–water partition coefficient (Wildman–Crippen LogP) is 4.33. The van der Waals surface area contributed by atoms with Crippen LogP contribution in [0.4, 0.5) is 0 Å². The SMILES string of the molecule is COc1ccc(-c2cc3n(n2)CC(C)(C(=O)NCc2ccccc2)N(CCc2ccccc2)C3=O)cc1. The summed E-state index contributed by atoms with van der Waals surface area (Å²) < 4.78 is 6.93. The van der Waals surface area contributed by atoms with Crippen molar-refractivity contribution in [2.75, 3.05) is 13.7 Å². The molecule has 0 spiro atoms. The minimum absolute atomic E-state index is 0.202. The third kappa shape index (κ3) is 4.98. The molecule has 1 aromatic heterocycles. The highest BCUT2D eigenvalue weighted by molar-refractivity contribution is 6.00. The summed E-state index contributed by atoms with van der Waals surface area (Å²) in [4.78, 5) is 29.2. The van der Waals surface area contributed by atoms with Gasteiger partial charge in [0, 0.05) is 18.7 Å². The summed E-state index contributed by atoms with van der Waals surface area (Å²) in [5.41, 5.74) is 3.05. The first kappa shape index (κ1) is 24.3. The Morgan fingerprint density at radius 3 is 2.27 bits per heavy atom. The molecule has 3 aromatic carbocycles. The molecule has 2 heterocycles. The predicted molar refractivity (Wildman–Crippen MR) is 142 cm³/mol. The van der Waals surface area contributed by atoms with E-state index in [0.29, 0.717) is 30.9 Å². The fraction of sp³-hybridized carbons (Fsp3) is 0.233. The highest BCUT2D eigenvalue weighted by Crippen LogP contribution is 2.31. The molecule has 2 amide bonds. The summed E-state index contributed by atoms with van der Waals surface area (Å²) in [6.07, 6.45) is 0.646. The summed E-state index contributed by atoms with van der Waals surface area (Å²) in [7, 11) is 1.62. The number of ether oxygens (including phenoxy) is 1. The van der Waals surface area contributed by atoms with Crippen LogP contribution in [0, 0.1) is 0 Å². The van der Waals surface area contributed by atoms with Gasteiger partial charge in [-0.1, -0.05) is 60.7 Å². The largest absolute Gasteiger partial charge is 0.497 e. The molecule has 0 saturated heterocycles. The van der Waals surface area contributed by atoms with E-state index in [2.05, 4.69) is 5.32 Å². The van der Waals surface area contributed by atoms with Crippen LogP contribution in [0.2, 0.25) is 0 Å². The number of hydrogen-bond acceptors (Lipinski definition) is 4. The maximum Gasteiger partial charge on any atom is 0.273 e. The van der Waals surface area contributed by atoms with Crippen molar-refractivity contribution in [3.63, 3.8) is 0 Å². The molecule has 1 atom stereocenters. The fourth-order valence-corrected chi connectivity index (χ4v) is 4.75. The molecule has 1 aliphatic rings. The number of hydrogen-bond donors (Lipinski definition) is 1. The van der Waals surface area contributed by atoms with Gasteiger partial charge in [-0.05, 0) is 54.8 Å². The first-order valence-corrected chi connectivity index (χ1v) is 12.4. The monoisotopic (exact) mass is 494 g/mol. The van der Waals surface area contributed by atoms with Gasteiger partial charge in [-0.25, -0.2) is 0 Å². The summed E-state index contributed by atoms with van der Waals surface area (Å²) in [6, 6.07) is 29.1. The van der Waals surface area contributed by atoms with Crippen LogP contribution in [0.25, 0.3) is 11.3 Å². The second-order valence-corrected chi connectivity index (χ2v) is 9.44. The molecule has 0 aliphatic carbocycles. The molecule has 1 aliphatic heterocycles. The lowest BCUT2D eigenvalue weighted by Crippen LogP contribution is -2.64. The topological polar surface area (TPSA) is 76.5 Å². The Morgan fingerprint density at radius 1 is 0.973 bits per heavy atom. The molecule has 37 heavy (non-hydrogen) atoms. The quantitative estimate of drug-likeness (QED) is 0.396. The zero-order chi connectivity index (χ0) is 25.8. The molecule has 4 aromatic rings. The van der Waals surface area contributed by atoms with Gasteiger partial charge in [-0.15, -0.1) is 0 Å². The fourth-order valence-electron chi connectivity index (χ4n) is 4.75. The van der Waals surface area contributed by atoms with Crippen LogP contribution in [0.3, 0.4) is 0 Å². The average molecular weight is 495 g/mol. The summed E-state index contributed by atoms with van der Waals surface area (Å²) in [5, 5.41) is 7.78. The van der Waals surface area contributed by atoms with Gasteiger partial charge in [0.2, 0.25) is 5.91 Å². The molecule has 188 valence electrons. The summed E-state index contributed by atoms with van der Waals surface area (Å²) in [5.74, 6) is 0.343. The van der Waals surface area contributed by atoms with E-state index in [1.54, 1.807) is 22.8 Å². The molecule has 1 N–H and O–H groups in total. The van der Waals surface area contributed by atoms with Gasteiger partial charge in [0.1, 0.15) is 17.0 Å². The van der Waals surface area contributed by atoms with Crippen LogP contribution in [0.5, 0.6) is 5.75 Å². The Morgan fingerprint density at radius 2 is 1.62 bits per heavy atom. The van der Waals surface area contributed by atoms with Crippen LogP contribution in [0.1, 0.15) is 28.5 Å². The number of nitrogens with zero attached hydrogens (tertiary/aromatic N) is 3. The third-order valence-corrected chi connectivity index (χ3v) is 6.94. The van der Waals surface area contributed by atoms with E-state index in [4.69, 9.17) is 9.84 Å². The molecule has 0 saturated carbocycles. The molecule has 1 unspecified atom stereocenters. The molecule has 7 heteroatoms. The number of methoxy groups -OCH3 is 1. The van der Waals surface area contributed by atoms with Crippen molar-refractivity contribution in [3.05, 3.63) is 108 Å². The first-order chi connectivity index (χ1) is 18.0. The van der Waals surface area contributed by atoms with Crippen molar-refractivity contribution in [1.29, 1.82) is 0 Å². The molecule has 5 rings (SSSR count). The lowest BCUT2D eigenvalue weighted by atomic mass is 9.94. The number of nitrogens with one attached hydrogen (secondary N) is 1. The Hall–Kier alpha value is -4.39. The second kappa shape index (κ2) is 10.3. The summed E-state index contributed by atoms with van der Waals surface area (Å²) in [6.45, 7) is 2.90. The number of carbonyl (C=O) groups is 2. The lowest BCUT2D eigenvalue weighted by molar-refractivity contribution is -0.133. The van der Waals surface area contributed by atoms with Gasteiger partial charge in [-0.2, -0.15) is 5.10 Å². The Kier molecular flexibility index (Phi) is 6.77. The molecular weight excluding hydrogens is 464 g/mol.